The number of ether oxygens (including phenoxy) is 1. The lowest BCUT2D eigenvalue weighted by atomic mass is 9.89. The number of nitrogens with one attached hydrogen (secondary N) is 1. The van der Waals surface area contributed by atoms with Gasteiger partial charge in [-0.1, -0.05) is 18.2 Å². The summed E-state index contributed by atoms with van der Waals surface area (Å²) in [6.07, 6.45) is -3.85. The van der Waals surface area contributed by atoms with Gasteiger partial charge in [-0.05, 0) is 37.1 Å². The van der Waals surface area contributed by atoms with Gasteiger partial charge >= 0.3 is 12.1 Å². The quantitative estimate of drug-likeness (QED) is 0.743. The van der Waals surface area contributed by atoms with Gasteiger partial charge in [0.2, 0.25) is 0 Å². The second-order valence-electron chi connectivity index (χ2n) is 6.73. The first-order chi connectivity index (χ1) is 12.8. The molecular weight excluding hydrogens is 359 g/mol. The lowest BCUT2D eigenvalue weighted by molar-refractivity contribution is -0.174. The molecule has 0 unspecified atom stereocenters. The number of halogens is 3. The number of hydrogen-bond acceptors (Lipinski definition) is 4. The standard InChI is InChI=1S/C19H18F3N3O2/c20-19(21,22)18(26)24-13-5-3-9-25-14-10-11(23)7-8-16(14)27-15-6-2-1-4-12(15)17(13)25/h1-2,4,6-8,10,13,17H,3,5,9,23H2,(H,24,26)/t13-,17+/m1/s1. The average Bonchev–Trinajstić information content (AvgIpc) is 2.76. The van der Waals surface area contributed by atoms with E-state index in [4.69, 9.17) is 10.5 Å². The molecule has 1 amide bonds. The van der Waals surface area contributed by atoms with Crippen LogP contribution >= 0.6 is 0 Å². The highest BCUT2D eigenvalue weighted by atomic mass is 19.4. The molecule has 1 saturated heterocycles. The normalized spacial score (nSPS) is 21.2. The summed E-state index contributed by atoms with van der Waals surface area (Å²) in [6, 6.07) is 11.2. The van der Waals surface area contributed by atoms with Crippen molar-refractivity contribution in [1.82, 2.24) is 5.32 Å². The van der Waals surface area contributed by atoms with E-state index in [1.807, 2.05) is 17.0 Å². The van der Waals surface area contributed by atoms with Gasteiger partial charge in [-0.25, -0.2) is 0 Å². The molecule has 0 aromatic heterocycles. The number of anilines is 2. The number of amides is 1. The van der Waals surface area contributed by atoms with E-state index in [0.717, 1.165) is 5.56 Å². The minimum Gasteiger partial charge on any atom is -0.455 e. The van der Waals surface area contributed by atoms with Crippen molar-refractivity contribution in [1.29, 1.82) is 0 Å². The molecule has 142 valence electrons. The summed E-state index contributed by atoms with van der Waals surface area (Å²) in [5, 5.41) is 2.18. The maximum absolute atomic E-state index is 12.8. The van der Waals surface area contributed by atoms with Crippen LogP contribution in [0.1, 0.15) is 24.4 Å². The summed E-state index contributed by atoms with van der Waals surface area (Å²) in [7, 11) is 0. The molecule has 2 heterocycles. The Morgan fingerprint density at radius 3 is 2.74 bits per heavy atom. The molecule has 0 aliphatic carbocycles. The van der Waals surface area contributed by atoms with Crippen LogP contribution in [-0.4, -0.2) is 24.7 Å². The fourth-order valence-electron chi connectivity index (χ4n) is 3.83. The van der Waals surface area contributed by atoms with E-state index < -0.39 is 24.2 Å². The molecule has 0 saturated carbocycles. The van der Waals surface area contributed by atoms with Crippen molar-refractivity contribution in [2.45, 2.75) is 31.1 Å². The van der Waals surface area contributed by atoms with E-state index >= 15 is 0 Å². The zero-order valence-electron chi connectivity index (χ0n) is 14.3. The summed E-state index contributed by atoms with van der Waals surface area (Å²) in [5.41, 5.74) is 7.91. The highest BCUT2D eigenvalue weighted by Gasteiger charge is 2.44. The Balaban J connectivity index is 1.81. The molecule has 0 bridgehead atoms. The van der Waals surface area contributed by atoms with Crippen molar-refractivity contribution in [3.63, 3.8) is 0 Å². The van der Waals surface area contributed by atoms with E-state index in [2.05, 4.69) is 5.32 Å². The van der Waals surface area contributed by atoms with Crippen molar-refractivity contribution >= 4 is 17.3 Å². The second kappa shape index (κ2) is 6.37. The molecule has 2 aliphatic rings. The van der Waals surface area contributed by atoms with Crippen LogP contribution < -0.4 is 20.7 Å². The van der Waals surface area contributed by atoms with Gasteiger partial charge < -0.3 is 20.7 Å². The maximum Gasteiger partial charge on any atom is 0.471 e. The predicted octanol–water partition coefficient (Wildman–Crippen LogP) is 3.76. The SMILES string of the molecule is Nc1ccc2c(c1)N1CCC[C@@H](NC(=O)C(F)(F)F)[C@@H]1c1ccccc1O2. The molecule has 2 aliphatic heterocycles. The third-order valence-corrected chi connectivity index (χ3v) is 4.96. The Morgan fingerprint density at radius 2 is 1.96 bits per heavy atom. The Kier molecular flexibility index (Phi) is 4.13. The van der Waals surface area contributed by atoms with Crippen LogP contribution in [-0.2, 0) is 4.79 Å². The van der Waals surface area contributed by atoms with Gasteiger partial charge in [-0.2, -0.15) is 13.2 Å². The number of piperidine rings is 1. The monoisotopic (exact) mass is 377 g/mol. The average molecular weight is 377 g/mol. The second-order valence-corrected chi connectivity index (χ2v) is 6.73. The minimum atomic E-state index is -4.93. The first kappa shape index (κ1) is 17.5. The van der Waals surface area contributed by atoms with Gasteiger partial charge in [0, 0.05) is 17.8 Å². The molecule has 5 nitrogen and oxygen atoms in total. The summed E-state index contributed by atoms with van der Waals surface area (Å²) < 4.78 is 44.5. The third-order valence-electron chi connectivity index (χ3n) is 4.96. The first-order valence-corrected chi connectivity index (χ1v) is 8.65. The number of alkyl halides is 3. The number of carbonyl (C=O) groups excluding carboxylic acids is 1. The van der Waals surface area contributed by atoms with Gasteiger partial charge in [0.05, 0.1) is 17.8 Å². The van der Waals surface area contributed by atoms with Crippen LogP contribution in [0.5, 0.6) is 11.5 Å². The fraction of sp³-hybridized carbons (Fsp3) is 0.316. The van der Waals surface area contributed by atoms with Gasteiger partial charge in [0.25, 0.3) is 0 Å². The van der Waals surface area contributed by atoms with Gasteiger partial charge in [-0.15, -0.1) is 0 Å². The van der Waals surface area contributed by atoms with Crippen molar-refractivity contribution in [3.8, 4) is 11.5 Å². The number of hydrogen-bond donors (Lipinski definition) is 2. The van der Waals surface area contributed by atoms with E-state index in [1.165, 1.54) is 0 Å². The summed E-state index contributed by atoms with van der Waals surface area (Å²) in [5.74, 6) is -0.782. The van der Waals surface area contributed by atoms with E-state index in [1.54, 1.807) is 30.3 Å². The zero-order chi connectivity index (χ0) is 19.2. The number of rotatable bonds is 1. The molecule has 2 aromatic rings. The largest absolute Gasteiger partial charge is 0.471 e. The zero-order valence-corrected chi connectivity index (χ0v) is 14.3. The summed E-state index contributed by atoms with van der Waals surface area (Å²) >= 11 is 0. The van der Waals surface area contributed by atoms with Crippen molar-refractivity contribution in [3.05, 3.63) is 48.0 Å². The maximum atomic E-state index is 12.8. The smallest absolute Gasteiger partial charge is 0.455 e. The molecule has 0 spiro atoms. The molecular formula is C19H18F3N3O2. The highest BCUT2D eigenvalue weighted by molar-refractivity contribution is 5.82. The van der Waals surface area contributed by atoms with Crippen LogP contribution in [0.15, 0.2) is 42.5 Å². The lowest BCUT2D eigenvalue weighted by Gasteiger charge is -2.42. The third kappa shape index (κ3) is 3.15. The van der Waals surface area contributed by atoms with Gasteiger partial charge in [0.15, 0.2) is 5.75 Å². The number of nitrogen functional groups attached to an aromatic ring is 1. The Morgan fingerprint density at radius 1 is 1.19 bits per heavy atom. The number of nitrogens with zero attached hydrogens (tertiary/aromatic N) is 1. The number of benzene rings is 2. The van der Waals surface area contributed by atoms with Crippen LogP contribution in [0.3, 0.4) is 0 Å². The van der Waals surface area contributed by atoms with E-state index in [0.29, 0.717) is 42.3 Å². The Hall–Kier alpha value is -2.90. The van der Waals surface area contributed by atoms with Crippen molar-refractivity contribution in [2.24, 2.45) is 0 Å². The van der Waals surface area contributed by atoms with E-state index in [9.17, 15) is 18.0 Å². The van der Waals surface area contributed by atoms with Crippen LogP contribution in [0.25, 0.3) is 0 Å². The molecule has 1 fully saturated rings. The molecule has 2 aromatic carbocycles. The number of carbonyl (C=O) groups is 1. The minimum absolute atomic E-state index is 0.439. The number of para-hydroxylation sites is 1. The molecule has 0 radical (unpaired) electrons. The Labute approximate surface area is 153 Å². The lowest BCUT2D eigenvalue weighted by Crippen LogP contribution is -2.52. The summed E-state index contributed by atoms with van der Waals surface area (Å²) in [6.45, 7) is 0.622. The highest BCUT2D eigenvalue weighted by Crippen LogP contribution is 2.48. The molecule has 2 atom stereocenters. The Bertz CT molecular complexity index is 885. The molecule has 3 N–H and O–H groups in total. The molecule has 27 heavy (non-hydrogen) atoms. The molecule has 4 rings (SSSR count). The van der Waals surface area contributed by atoms with Gasteiger partial charge in [0.1, 0.15) is 5.75 Å². The number of nitrogens with two attached hydrogens (primary N) is 1. The predicted molar refractivity (Wildman–Crippen MR) is 94.7 cm³/mol. The fourth-order valence-corrected chi connectivity index (χ4v) is 3.83. The van der Waals surface area contributed by atoms with Crippen molar-refractivity contribution in [2.75, 3.05) is 17.2 Å². The van der Waals surface area contributed by atoms with Crippen LogP contribution in [0, 0.1) is 0 Å². The van der Waals surface area contributed by atoms with Crippen LogP contribution in [0.4, 0.5) is 24.5 Å². The number of fused-ring (bicyclic) bond motifs is 5. The van der Waals surface area contributed by atoms with E-state index in [-0.39, 0.29) is 0 Å². The molecule has 8 heteroatoms. The van der Waals surface area contributed by atoms with Gasteiger partial charge in [-0.3, -0.25) is 4.79 Å². The van der Waals surface area contributed by atoms with Crippen molar-refractivity contribution < 1.29 is 22.7 Å². The summed E-state index contributed by atoms with van der Waals surface area (Å²) in [4.78, 5) is 13.6. The first-order valence-electron chi connectivity index (χ1n) is 8.65. The topological polar surface area (TPSA) is 67.6 Å². The van der Waals surface area contributed by atoms with Crippen LogP contribution in [0.2, 0.25) is 0 Å².